The third-order valence-electron chi connectivity index (χ3n) is 1.44. The smallest absolute Gasteiger partial charge is 0.0971 e. The van der Waals surface area contributed by atoms with Crippen LogP contribution in [0.15, 0.2) is 24.4 Å². The van der Waals surface area contributed by atoms with Crippen molar-refractivity contribution in [2.75, 3.05) is 6.61 Å². The van der Waals surface area contributed by atoms with E-state index in [-0.39, 0.29) is 5.44 Å². The zero-order valence-corrected chi connectivity index (χ0v) is 8.00. The van der Waals surface area contributed by atoms with Crippen molar-refractivity contribution in [1.29, 1.82) is 0 Å². The minimum atomic E-state index is 0.00807. The Kier molecular flexibility index (Phi) is 4.11. The molecular formula is C9H13NOS. The highest BCUT2D eigenvalue weighted by atomic mass is 32.1. The molecule has 0 bridgehead atoms. The lowest BCUT2D eigenvalue weighted by Gasteiger charge is -2.05. The van der Waals surface area contributed by atoms with Gasteiger partial charge < -0.3 is 4.74 Å². The molecule has 0 saturated carbocycles. The molecule has 0 saturated heterocycles. The second kappa shape index (κ2) is 5.17. The van der Waals surface area contributed by atoms with E-state index < -0.39 is 0 Å². The fraction of sp³-hybridized carbons (Fsp3) is 0.444. The van der Waals surface area contributed by atoms with Crippen LogP contribution in [0.3, 0.4) is 0 Å². The van der Waals surface area contributed by atoms with Crippen molar-refractivity contribution < 1.29 is 4.74 Å². The molecule has 0 spiro atoms. The van der Waals surface area contributed by atoms with Crippen molar-refractivity contribution in [2.45, 2.75) is 18.8 Å². The second-order valence-corrected chi connectivity index (χ2v) is 3.27. The Morgan fingerprint density at radius 2 is 2.42 bits per heavy atom. The molecule has 0 amide bonds. The van der Waals surface area contributed by atoms with Crippen LogP contribution in [0.25, 0.3) is 0 Å². The average molecular weight is 183 g/mol. The molecule has 0 aliphatic rings. The van der Waals surface area contributed by atoms with Gasteiger partial charge in [0.15, 0.2) is 0 Å². The van der Waals surface area contributed by atoms with Crippen LogP contribution < -0.4 is 0 Å². The number of ether oxygens (including phenoxy) is 1. The molecule has 1 aromatic heterocycles. The van der Waals surface area contributed by atoms with Crippen LogP contribution in [0.1, 0.15) is 12.6 Å². The van der Waals surface area contributed by atoms with Gasteiger partial charge in [-0.15, -0.1) is 12.6 Å². The summed E-state index contributed by atoms with van der Waals surface area (Å²) in [4.78, 5) is 4.17. The maximum atomic E-state index is 5.27. The summed E-state index contributed by atoms with van der Waals surface area (Å²) < 4.78 is 5.27. The molecular weight excluding hydrogens is 170 g/mol. The Morgan fingerprint density at radius 1 is 1.58 bits per heavy atom. The SMILES string of the molecule is CC(S)OCCc1ccccn1. The first-order chi connectivity index (χ1) is 5.79. The van der Waals surface area contributed by atoms with Crippen molar-refractivity contribution in [3.63, 3.8) is 0 Å². The molecule has 1 rings (SSSR count). The molecule has 12 heavy (non-hydrogen) atoms. The summed E-state index contributed by atoms with van der Waals surface area (Å²) in [5.41, 5.74) is 1.07. The van der Waals surface area contributed by atoms with Gasteiger partial charge in [-0.3, -0.25) is 4.98 Å². The van der Waals surface area contributed by atoms with Gasteiger partial charge in [-0.25, -0.2) is 0 Å². The van der Waals surface area contributed by atoms with Gasteiger partial charge in [0, 0.05) is 18.3 Å². The summed E-state index contributed by atoms with van der Waals surface area (Å²) in [5, 5.41) is 0. The van der Waals surface area contributed by atoms with Gasteiger partial charge >= 0.3 is 0 Å². The predicted octanol–water partition coefficient (Wildman–Crippen LogP) is 1.92. The summed E-state index contributed by atoms with van der Waals surface area (Å²) in [6.45, 7) is 2.59. The van der Waals surface area contributed by atoms with Gasteiger partial charge in [0.05, 0.1) is 12.0 Å². The summed E-state index contributed by atoms with van der Waals surface area (Å²) in [6.07, 6.45) is 2.64. The van der Waals surface area contributed by atoms with Gasteiger partial charge in [0.2, 0.25) is 0 Å². The Labute approximate surface area is 78.4 Å². The first-order valence-electron chi connectivity index (χ1n) is 3.98. The van der Waals surface area contributed by atoms with Gasteiger partial charge in [-0.05, 0) is 19.1 Å². The van der Waals surface area contributed by atoms with E-state index in [0.717, 1.165) is 12.1 Å². The Bertz CT molecular complexity index is 213. The monoisotopic (exact) mass is 183 g/mol. The van der Waals surface area contributed by atoms with Crippen LogP contribution in [0.4, 0.5) is 0 Å². The van der Waals surface area contributed by atoms with E-state index in [4.69, 9.17) is 4.74 Å². The Hall–Kier alpha value is -0.540. The molecule has 1 atom stereocenters. The molecule has 0 aromatic carbocycles. The molecule has 3 heteroatoms. The molecule has 2 nitrogen and oxygen atoms in total. The third kappa shape index (κ3) is 3.74. The molecule has 1 heterocycles. The summed E-state index contributed by atoms with van der Waals surface area (Å²) >= 11 is 4.10. The molecule has 0 fully saturated rings. The maximum absolute atomic E-state index is 5.27. The highest BCUT2D eigenvalue weighted by Gasteiger charge is 1.95. The normalized spacial score (nSPS) is 12.8. The lowest BCUT2D eigenvalue weighted by molar-refractivity contribution is 0.128. The molecule has 1 aromatic rings. The molecule has 0 aliphatic carbocycles. The standard InChI is InChI=1S/C9H13NOS/c1-8(12)11-7-5-9-4-2-3-6-10-9/h2-4,6,8,12H,5,7H2,1H3. The first kappa shape index (κ1) is 9.55. The van der Waals surface area contributed by atoms with Gasteiger partial charge in [0.25, 0.3) is 0 Å². The lowest BCUT2D eigenvalue weighted by Crippen LogP contribution is -2.04. The number of rotatable bonds is 4. The molecule has 0 aliphatic heterocycles. The minimum Gasteiger partial charge on any atom is -0.368 e. The van der Waals surface area contributed by atoms with Crippen LogP contribution >= 0.6 is 12.6 Å². The van der Waals surface area contributed by atoms with E-state index in [1.54, 1.807) is 6.20 Å². The number of hydrogen-bond acceptors (Lipinski definition) is 3. The van der Waals surface area contributed by atoms with E-state index in [1.807, 2.05) is 25.1 Å². The molecule has 1 unspecified atom stereocenters. The lowest BCUT2D eigenvalue weighted by atomic mass is 10.3. The minimum absolute atomic E-state index is 0.00807. The molecule has 0 radical (unpaired) electrons. The van der Waals surface area contributed by atoms with E-state index in [0.29, 0.717) is 6.61 Å². The number of aromatic nitrogens is 1. The number of thiol groups is 1. The third-order valence-corrected chi connectivity index (χ3v) is 1.59. The van der Waals surface area contributed by atoms with Crippen molar-refractivity contribution in [2.24, 2.45) is 0 Å². The van der Waals surface area contributed by atoms with Gasteiger partial charge in [-0.2, -0.15) is 0 Å². The van der Waals surface area contributed by atoms with E-state index in [1.165, 1.54) is 0 Å². The highest BCUT2D eigenvalue weighted by Crippen LogP contribution is 1.99. The summed E-state index contributed by atoms with van der Waals surface area (Å²) in [7, 11) is 0. The van der Waals surface area contributed by atoms with Crippen LogP contribution in [0.2, 0.25) is 0 Å². The average Bonchev–Trinajstić information content (AvgIpc) is 2.05. The van der Waals surface area contributed by atoms with Crippen LogP contribution in [0.5, 0.6) is 0 Å². The summed E-state index contributed by atoms with van der Waals surface area (Å²) in [6, 6.07) is 5.88. The van der Waals surface area contributed by atoms with Crippen LogP contribution in [0, 0.1) is 0 Å². The van der Waals surface area contributed by atoms with Gasteiger partial charge in [-0.1, -0.05) is 6.07 Å². The summed E-state index contributed by atoms with van der Waals surface area (Å²) in [5.74, 6) is 0. The van der Waals surface area contributed by atoms with Crippen LogP contribution in [-0.2, 0) is 11.2 Å². The largest absolute Gasteiger partial charge is 0.368 e. The van der Waals surface area contributed by atoms with Crippen molar-refractivity contribution in [3.8, 4) is 0 Å². The van der Waals surface area contributed by atoms with Gasteiger partial charge in [0.1, 0.15) is 0 Å². The second-order valence-electron chi connectivity index (χ2n) is 2.54. The fourth-order valence-electron chi connectivity index (χ4n) is 0.880. The van der Waals surface area contributed by atoms with Crippen molar-refractivity contribution >= 4 is 12.6 Å². The highest BCUT2D eigenvalue weighted by molar-refractivity contribution is 7.80. The number of pyridine rings is 1. The van der Waals surface area contributed by atoms with E-state index in [2.05, 4.69) is 17.6 Å². The van der Waals surface area contributed by atoms with E-state index >= 15 is 0 Å². The Balaban J connectivity index is 2.25. The Morgan fingerprint density at radius 3 is 3.00 bits per heavy atom. The predicted molar refractivity (Wildman–Crippen MR) is 52.3 cm³/mol. The van der Waals surface area contributed by atoms with Crippen molar-refractivity contribution in [1.82, 2.24) is 4.98 Å². The number of hydrogen-bond donors (Lipinski definition) is 1. The molecule has 0 N–H and O–H groups in total. The van der Waals surface area contributed by atoms with Crippen LogP contribution in [-0.4, -0.2) is 17.0 Å². The quantitative estimate of drug-likeness (QED) is 0.569. The topological polar surface area (TPSA) is 22.1 Å². The first-order valence-corrected chi connectivity index (χ1v) is 4.50. The van der Waals surface area contributed by atoms with E-state index in [9.17, 15) is 0 Å². The number of nitrogens with zero attached hydrogens (tertiary/aromatic N) is 1. The fourth-order valence-corrected chi connectivity index (χ4v) is 0.985. The molecule has 66 valence electrons. The zero-order valence-electron chi connectivity index (χ0n) is 7.10. The zero-order chi connectivity index (χ0) is 8.81. The van der Waals surface area contributed by atoms with Crippen molar-refractivity contribution in [3.05, 3.63) is 30.1 Å². The maximum Gasteiger partial charge on any atom is 0.0971 e.